The first-order valence-electron chi connectivity index (χ1n) is 7.50. The monoisotopic (exact) mass is 300 g/mol. The fourth-order valence-electron chi connectivity index (χ4n) is 2.24. The molecule has 3 heteroatoms. The number of hydrogen-bond donors (Lipinski definition) is 2. The third-order valence-corrected chi connectivity index (χ3v) is 3.49. The molecule has 0 aliphatic carbocycles. The standard InChI is InChI=1S/C19H21FO2/c1-14(21)5-3-2-4-6-16-7-8-17(13-19(16)20)15-9-11-18(22)12-10-15/h4,6-14,21-22H,2-3,5H2,1H3. The third-order valence-electron chi connectivity index (χ3n) is 3.49. The lowest BCUT2D eigenvalue weighted by atomic mass is 10.0. The van der Waals surface area contributed by atoms with Crippen molar-refractivity contribution in [1.82, 2.24) is 0 Å². The molecule has 0 saturated heterocycles. The fraction of sp³-hybridized carbons (Fsp3) is 0.263. The third kappa shape index (κ3) is 4.71. The first kappa shape index (κ1) is 16.2. The van der Waals surface area contributed by atoms with Crippen LogP contribution >= 0.6 is 0 Å². The molecular formula is C19H21FO2. The lowest BCUT2D eigenvalue weighted by Gasteiger charge is -2.04. The van der Waals surface area contributed by atoms with Crippen molar-refractivity contribution in [2.24, 2.45) is 0 Å². The molecule has 2 aromatic carbocycles. The van der Waals surface area contributed by atoms with E-state index in [1.165, 1.54) is 6.07 Å². The molecule has 0 aliphatic heterocycles. The Morgan fingerprint density at radius 1 is 1.09 bits per heavy atom. The average Bonchev–Trinajstić information content (AvgIpc) is 2.49. The number of halogens is 1. The maximum Gasteiger partial charge on any atom is 0.131 e. The van der Waals surface area contributed by atoms with Gasteiger partial charge in [0.25, 0.3) is 0 Å². The largest absolute Gasteiger partial charge is 0.508 e. The van der Waals surface area contributed by atoms with Gasteiger partial charge in [-0.3, -0.25) is 0 Å². The van der Waals surface area contributed by atoms with E-state index in [9.17, 15) is 9.50 Å². The molecule has 0 spiro atoms. The zero-order chi connectivity index (χ0) is 15.9. The second kappa shape index (κ2) is 7.76. The van der Waals surface area contributed by atoms with Crippen molar-refractivity contribution < 1.29 is 14.6 Å². The first-order valence-corrected chi connectivity index (χ1v) is 7.50. The zero-order valence-electron chi connectivity index (χ0n) is 12.7. The molecule has 0 bridgehead atoms. The van der Waals surface area contributed by atoms with E-state index in [2.05, 4.69) is 0 Å². The highest BCUT2D eigenvalue weighted by Gasteiger charge is 2.03. The average molecular weight is 300 g/mol. The summed E-state index contributed by atoms with van der Waals surface area (Å²) >= 11 is 0. The predicted molar refractivity (Wildman–Crippen MR) is 88.1 cm³/mol. The van der Waals surface area contributed by atoms with Crippen molar-refractivity contribution in [3.63, 3.8) is 0 Å². The fourth-order valence-corrected chi connectivity index (χ4v) is 2.24. The predicted octanol–water partition coefficient (Wildman–Crippen LogP) is 4.76. The number of aliphatic hydroxyl groups is 1. The number of unbranched alkanes of at least 4 members (excludes halogenated alkanes) is 1. The number of phenols is 1. The van der Waals surface area contributed by atoms with Gasteiger partial charge < -0.3 is 10.2 Å². The highest BCUT2D eigenvalue weighted by Crippen LogP contribution is 2.24. The van der Waals surface area contributed by atoms with Crippen LogP contribution in [0.3, 0.4) is 0 Å². The minimum atomic E-state index is -0.283. The van der Waals surface area contributed by atoms with E-state index in [1.807, 2.05) is 12.1 Å². The van der Waals surface area contributed by atoms with Crippen molar-refractivity contribution in [3.8, 4) is 16.9 Å². The van der Waals surface area contributed by atoms with Crippen LogP contribution < -0.4 is 0 Å². The Morgan fingerprint density at radius 3 is 2.41 bits per heavy atom. The zero-order valence-corrected chi connectivity index (χ0v) is 12.7. The van der Waals surface area contributed by atoms with E-state index >= 15 is 0 Å². The van der Waals surface area contributed by atoms with Crippen molar-refractivity contribution >= 4 is 6.08 Å². The molecule has 1 unspecified atom stereocenters. The number of allylic oxidation sites excluding steroid dienone is 1. The second-order valence-corrected chi connectivity index (χ2v) is 5.47. The molecule has 2 aromatic rings. The summed E-state index contributed by atoms with van der Waals surface area (Å²) in [6.07, 6.45) is 5.89. The number of aromatic hydroxyl groups is 1. The van der Waals surface area contributed by atoms with Crippen LogP contribution in [0.1, 0.15) is 31.7 Å². The minimum Gasteiger partial charge on any atom is -0.508 e. The van der Waals surface area contributed by atoms with Crippen molar-refractivity contribution in [2.45, 2.75) is 32.3 Å². The Morgan fingerprint density at radius 2 is 1.77 bits per heavy atom. The SMILES string of the molecule is CC(O)CCCC=Cc1ccc(-c2ccc(O)cc2)cc1F. The van der Waals surface area contributed by atoms with Gasteiger partial charge in [-0.05, 0) is 55.5 Å². The molecular weight excluding hydrogens is 279 g/mol. The Labute approximate surface area is 130 Å². The van der Waals surface area contributed by atoms with Crippen LogP contribution in [-0.2, 0) is 0 Å². The number of phenolic OH excluding ortho intramolecular Hbond substituents is 1. The lowest BCUT2D eigenvalue weighted by Crippen LogP contribution is -1.97. The van der Waals surface area contributed by atoms with E-state index in [0.29, 0.717) is 5.56 Å². The molecule has 1 atom stereocenters. The molecule has 2 N–H and O–H groups in total. The number of benzene rings is 2. The van der Waals surface area contributed by atoms with E-state index in [0.717, 1.165) is 30.4 Å². The molecule has 0 aliphatic rings. The van der Waals surface area contributed by atoms with Gasteiger partial charge in [-0.1, -0.05) is 36.4 Å². The number of rotatable bonds is 6. The maximum absolute atomic E-state index is 14.1. The van der Waals surface area contributed by atoms with Gasteiger partial charge in [0.1, 0.15) is 11.6 Å². The van der Waals surface area contributed by atoms with Crippen molar-refractivity contribution in [3.05, 3.63) is 59.9 Å². The van der Waals surface area contributed by atoms with E-state index < -0.39 is 0 Å². The van der Waals surface area contributed by atoms with E-state index in [1.54, 1.807) is 43.3 Å². The molecule has 0 heterocycles. The maximum atomic E-state index is 14.1. The van der Waals surface area contributed by atoms with E-state index in [-0.39, 0.29) is 17.7 Å². The smallest absolute Gasteiger partial charge is 0.131 e. The Balaban J connectivity index is 2.03. The van der Waals surface area contributed by atoms with Gasteiger partial charge in [0.05, 0.1) is 6.10 Å². The summed E-state index contributed by atoms with van der Waals surface area (Å²) in [5, 5.41) is 18.4. The van der Waals surface area contributed by atoms with Gasteiger partial charge >= 0.3 is 0 Å². The van der Waals surface area contributed by atoms with Crippen LogP contribution in [0.25, 0.3) is 17.2 Å². The molecule has 0 radical (unpaired) electrons. The lowest BCUT2D eigenvalue weighted by molar-refractivity contribution is 0.182. The van der Waals surface area contributed by atoms with E-state index in [4.69, 9.17) is 5.11 Å². The normalized spacial score (nSPS) is 12.7. The summed E-state index contributed by atoms with van der Waals surface area (Å²) in [4.78, 5) is 0. The van der Waals surface area contributed by atoms with Crippen molar-refractivity contribution in [1.29, 1.82) is 0 Å². The van der Waals surface area contributed by atoms with Crippen LogP contribution in [0.2, 0.25) is 0 Å². The summed E-state index contributed by atoms with van der Waals surface area (Å²) in [5.41, 5.74) is 2.20. The molecule has 2 nitrogen and oxygen atoms in total. The Bertz CT molecular complexity index is 630. The summed E-state index contributed by atoms with van der Waals surface area (Å²) < 4.78 is 14.1. The van der Waals surface area contributed by atoms with Crippen LogP contribution in [0, 0.1) is 5.82 Å². The molecule has 0 amide bonds. The van der Waals surface area contributed by atoms with Crippen LogP contribution in [0.5, 0.6) is 5.75 Å². The van der Waals surface area contributed by atoms with Gasteiger partial charge in [-0.25, -0.2) is 4.39 Å². The van der Waals surface area contributed by atoms with Gasteiger partial charge in [-0.15, -0.1) is 0 Å². The topological polar surface area (TPSA) is 40.5 Å². The molecule has 116 valence electrons. The van der Waals surface area contributed by atoms with Gasteiger partial charge in [0.15, 0.2) is 0 Å². The summed E-state index contributed by atoms with van der Waals surface area (Å²) in [6, 6.07) is 11.8. The summed E-state index contributed by atoms with van der Waals surface area (Å²) in [5.74, 6) is -0.0710. The highest BCUT2D eigenvalue weighted by atomic mass is 19.1. The summed E-state index contributed by atoms with van der Waals surface area (Å²) in [6.45, 7) is 1.77. The molecule has 0 aromatic heterocycles. The Kier molecular flexibility index (Phi) is 5.73. The number of aliphatic hydroxyl groups excluding tert-OH is 1. The molecule has 0 fully saturated rings. The van der Waals surface area contributed by atoms with Crippen LogP contribution in [0.4, 0.5) is 4.39 Å². The molecule has 2 rings (SSSR count). The Hall–Kier alpha value is -2.13. The molecule has 0 saturated carbocycles. The quantitative estimate of drug-likeness (QED) is 0.755. The second-order valence-electron chi connectivity index (χ2n) is 5.47. The van der Waals surface area contributed by atoms with Gasteiger partial charge in [0, 0.05) is 5.56 Å². The van der Waals surface area contributed by atoms with Gasteiger partial charge in [0.2, 0.25) is 0 Å². The van der Waals surface area contributed by atoms with Crippen LogP contribution in [0.15, 0.2) is 48.5 Å². The minimum absolute atomic E-state index is 0.195. The molecule has 22 heavy (non-hydrogen) atoms. The number of hydrogen-bond acceptors (Lipinski definition) is 2. The highest BCUT2D eigenvalue weighted by molar-refractivity contribution is 5.66. The first-order chi connectivity index (χ1) is 10.6. The van der Waals surface area contributed by atoms with Gasteiger partial charge in [-0.2, -0.15) is 0 Å². The van der Waals surface area contributed by atoms with Crippen LogP contribution in [-0.4, -0.2) is 16.3 Å². The van der Waals surface area contributed by atoms with Crippen molar-refractivity contribution in [2.75, 3.05) is 0 Å². The summed E-state index contributed by atoms with van der Waals surface area (Å²) in [7, 11) is 0.